The third kappa shape index (κ3) is 3.35. The number of thiazole rings is 1. The van der Waals surface area contributed by atoms with Crippen LogP contribution in [0.1, 0.15) is 31.0 Å². The molecule has 1 N–H and O–H groups in total. The van der Waals surface area contributed by atoms with E-state index >= 15 is 0 Å². The summed E-state index contributed by atoms with van der Waals surface area (Å²) in [5, 5.41) is 13.8. The smallest absolute Gasteiger partial charge is 0.269 e. The van der Waals surface area contributed by atoms with E-state index in [-0.39, 0.29) is 23.9 Å². The summed E-state index contributed by atoms with van der Waals surface area (Å²) in [5.74, 6) is -0.276. The SMILES string of the molecule is CC(C)c1ccc(C#N)c(=O)n1CC(=O)Nc1nccs1. The topological polar surface area (TPSA) is 87.8 Å². The third-order valence-corrected chi connectivity index (χ3v) is 3.59. The number of anilines is 1. The Balaban J connectivity index is 2.31. The first kappa shape index (κ1) is 14.9. The summed E-state index contributed by atoms with van der Waals surface area (Å²) in [7, 11) is 0. The number of carbonyl (C=O) groups excluding carboxylic acids is 1. The van der Waals surface area contributed by atoms with Crippen molar-refractivity contribution in [2.24, 2.45) is 0 Å². The number of nitriles is 1. The van der Waals surface area contributed by atoms with Gasteiger partial charge in [-0.1, -0.05) is 13.8 Å². The van der Waals surface area contributed by atoms with E-state index in [4.69, 9.17) is 5.26 Å². The molecule has 2 aromatic heterocycles. The van der Waals surface area contributed by atoms with Gasteiger partial charge in [-0.05, 0) is 18.1 Å². The minimum atomic E-state index is -0.446. The maximum atomic E-state index is 12.2. The van der Waals surface area contributed by atoms with E-state index in [1.54, 1.807) is 17.6 Å². The Bertz CT molecular complexity index is 741. The summed E-state index contributed by atoms with van der Waals surface area (Å²) in [6, 6.07) is 5.05. The highest BCUT2D eigenvalue weighted by molar-refractivity contribution is 7.13. The van der Waals surface area contributed by atoms with Crippen LogP contribution in [-0.4, -0.2) is 15.5 Å². The number of nitrogens with one attached hydrogen (secondary N) is 1. The van der Waals surface area contributed by atoms with Gasteiger partial charge < -0.3 is 9.88 Å². The van der Waals surface area contributed by atoms with Gasteiger partial charge in [0.15, 0.2) is 5.13 Å². The van der Waals surface area contributed by atoms with E-state index in [2.05, 4.69) is 10.3 Å². The van der Waals surface area contributed by atoms with E-state index in [9.17, 15) is 9.59 Å². The molecule has 0 atom stereocenters. The second-order valence-corrected chi connectivity index (χ2v) is 5.61. The minimum absolute atomic E-state index is 0.0291. The number of rotatable bonds is 4. The fourth-order valence-electron chi connectivity index (χ4n) is 1.93. The van der Waals surface area contributed by atoms with Crippen LogP contribution in [0.25, 0.3) is 0 Å². The molecular formula is C14H14N4O2S. The molecule has 0 saturated carbocycles. The van der Waals surface area contributed by atoms with Crippen molar-refractivity contribution < 1.29 is 4.79 Å². The van der Waals surface area contributed by atoms with Gasteiger partial charge in [-0.25, -0.2) is 4.98 Å². The van der Waals surface area contributed by atoms with E-state index in [1.807, 2.05) is 19.9 Å². The first-order valence-corrected chi connectivity index (χ1v) is 7.24. The van der Waals surface area contributed by atoms with Crippen LogP contribution in [0.5, 0.6) is 0 Å². The van der Waals surface area contributed by atoms with E-state index in [1.165, 1.54) is 22.0 Å². The van der Waals surface area contributed by atoms with Crippen molar-refractivity contribution in [2.75, 3.05) is 5.32 Å². The van der Waals surface area contributed by atoms with Gasteiger partial charge in [0.05, 0.1) is 0 Å². The molecule has 0 spiro atoms. The number of hydrogen-bond donors (Lipinski definition) is 1. The van der Waals surface area contributed by atoms with Crippen LogP contribution in [0.4, 0.5) is 5.13 Å². The average molecular weight is 302 g/mol. The summed E-state index contributed by atoms with van der Waals surface area (Å²) in [5.41, 5.74) is 0.299. The standard InChI is InChI=1S/C14H14N4O2S/c1-9(2)11-4-3-10(7-15)13(20)18(11)8-12(19)17-14-16-5-6-21-14/h3-6,9H,8H2,1-2H3,(H,16,17,19). The zero-order chi connectivity index (χ0) is 15.4. The van der Waals surface area contributed by atoms with Crippen molar-refractivity contribution >= 4 is 22.4 Å². The second-order valence-electron chi connectivity index (χ2n) is 4.72. The molecule has 1 amide bonds. The molecule has 0 aliphatic heterocycles. The van der Waals surface area contributed by atoms with Crippen LogP contribution in [0, 0.1) is 11.3 Å². The molecule has 0 aliphatic carbocycles. The molecule has 0 radical (unpaired) electrons. The van der Waals surface area contributed by atoms with Gasteiger partial charge in [-0.15, -0.1) is 11.3 Å². The minimum Gasteiger partial charge on any atom is -0.302 e. The summed E-state index contributed by atoms with van der Waals surface area (Å²) in [4.78, 5) is 28.2. The van der Waals surface area contributed by atoms with Crippen LogP contribution >= 0.6 is 11.3 Å². The van der Waals surface area contributed by atoms with Crippen molar-refractivity contribution in [1.82, 2.24) is 9.55 Å². The first-order chi connectivity index (χ1) is 10.0. The van der Waals surface area contributed by atoms with Gasteiger partial charge in [0.25, 0.3) is 5.56 Å². The molecule has 0 bridgehead atoms. The predicted octanol–water partition coefficient (Wildman–Crippen LogP) is 1.94. The number of hydrogen-bond acceptors (Lipinski definition) is 5. The molecular weight excluding hydrogens is 288 g/mol. The lowest BCUT2D eigenvalue weighted by Crippen LogP contribution is -2.31. The van der Waals surface area contributed by atoms with Crippen molar-refractivity contribution in [3.8, 4) is 6.07 Å². The van der Waals surface area contributed by atoms with Gasteiger partial charge >= 0.3 is 0 Å². The number of pyridine rings is 1. The highest BCUT2D eigenvalue weighted by atomic mass is 32.1. The lowest BCUT2D eigenvalue weighted by Gasteiger charge is -2.15. The molecule has 2 rings (SSSR count). The molecule has 0 unspecified atom stereocenters. The Morgan fingerprint density at radius 2 is 2.29 bits per heavy atom. The Hall–Kier alpha value is -2.46. The van der Waals surface area contributed by atoms with Crippen LogP contribution in [0.15, 0.2) is 28.5 Å². The van der Waals surface area contributed by atoms with E-state index in [0.717, 1.165) is 0 Å². The second kappa shape index (κ2) is 6.33. The molecule has 0 fully saturated rings. The Kier molecular flexibility index (Phi) is 4.50. The maximum Gasteiger partial charge on any atom is 0.269 e. The van der Waals surface area contributed by atoms with Crippen LogP contribution in [-0.2, 0) is 11.3 Å². The van der Waals surface area contributed by atoms with Crippen LogP contribution in [0.3, 0.4) is 0 Å². The molecule has 7 heteroatoms. The number of aromatic nitrogens is 2. The predicted molar refractivity (Wildman–Crippen MR) is 80.2 cm³/mol. The molecule has 0 aliphatic rings. The fourth-order valence-corrected chi connectivity index (χ4v) is 2.48. The quantitative estimate of drug-likeness (QED) is 0.934. The average Bonchev–Trinajstić information content (AvgIpc) is 2.93. The summed E-state index contributed by atoms with van der Waals surface area (Å²) >= 11 is 1.30. The van der Waals surface area contributed by atoms with Gasteiger partial charge in [0, 0.05) is 17.3 Å². The molecule has 21 heavy (non-hydrogen) atoms. The summed E-state index contributed by atoms with van der Waals surface area (Å²) in [6.45, 7) is 3.72. The number of amides is 1. The zero-order valence-electron chi connectivity index (χ0n) is 11.7. The van der Waals surface area contributed by atoms with Crippen molar-refractivity contribution in [3.63, 3.8) is 0 Å². The van der Waals surface area contributed by atoms with Crippen molar-refractivity contribution in [2.45, 2.75) is 26.3 Å². The molecule has 108 valence electrons. The first-order valence-electron chi connectivity index (χ1n) is 6.36. The molecule has 0 saturated heterocycles. The monoisotopic (exact) mass is 302 g/mol. The maximum absolute atomic E-state index is 12.2. The Morgan fingerprint density at radius 1 is 1.52 bits per heavy atom. The normalized spacial score (nSPS) is 10.4. The van der Waals surface area contributed by atoms with E-state index in [0.29, 0.717) is 10.8 Å². The molecule has 2 aromatic rings. The third-order valence-electron chi connectivity index (χ3n) is 2.90. The van der Waals surface area contributed by atoms with Gasteiger partial charge in [0.1, 0.15) is 18.2 Å². The fraction of sp³-hybridized carbons (Fsp3) is 0.286. The zero-order valence-corrected chi connectivity index (χ0v) is 12.5. The largest absolute Gasteiger partial charge is 0.302 e. The van der Waals surface area contributed by atoms with Gasteiger partial charge in [-0.2, -0.15) is 5.26 Å². The Morgan fingerprint density at radius 3 is 2.86 bits per heavy atom. The summed E-state index contributed by atoms with van der Waals surface area (Å²) in [6.07, 6.45) is 1.59. The molecule has 0 aromatic carbocycles. The lowest BCUT2D eigenvalue weighted by molar-refractivity contribution is -0.116. The molecule has 6 nitrogen and oxygen atoms in total. The van der Waals surface area contributed by atoms with E-state index < -0.39 is 5.56 Å². The van der Waals surface area contributed by atoms with Crippen molar-refractivity contribution in [3.05, 3.63) is 45.3 Å². The highest BCUT2D eigenvalue weighted by Gasteiger charge is 2.14. The number of nitrogens with zero attached hydrogens (tertiary/aromatic N) is 3. The van der Waals surface area contributed by atoms with Crippen LogP contribution < -0.4 is 10.9 Å². The highest BCUT2D eigenvalue weighted by Crippen LogP contribution is 2.14. The molecule has 2 heterocycles. The summed E-state index contributed by atoms with van der Waals surface area (Å²) < 4.78 is 1.34. The van der Waals surface area contributed by atoms with Crippen molar-refractivity contribution in [1.29, 1.82) is 5.26 Å². The Labute approximate surface area is 125 Å². The van der Waals surface area contributed by atoms with Crippen LogP contribution in [0.2, 0.25) is 0 Å². The van der Waals surface area contributed by atoms with Gasteiger partial charge in [0.2, 0.25) is 5.91 Å². The lowest BCUT2D eigenvalue weighted by atomic mass is 10.1. The number of carbonyl (C=O) groups is 1. The van der Waals surface area contributed by atoms with Gasteiger partial charge in [-0.3, -0.25) is 9.59 Å².